The van der Waals surface area contributed by atoms with Gasteiger partial charge in [-0.05, 0) is 24.1 Å². The van der Waals surface area contributed by atoms with E-state index < -0.39 is 0 Å². The van der Waals surface area contributed by atoms with Crippen LogP contribution in [0.3, 0.4) is 0 Å². The second kappa shape index (κ2) is 6.00. The molecule has 1 aromatic heterocycles. The lowest BCUT2D eigenvalue weighted by molar-refractivity contribution is -0.160. The summed E-state index contributed by atoms with van der Waals surface area (Å²) in [6, 6.07) is 6.31. The monoisotopic (exact) mass is 344 g/mol. The lowest BCUT2D eigenvalue weighted by atomic mass is 9.98. The Balaban J connectivity index is 1.54. The number of benzene rings is 1. The Kier molecular flexibility index (Phi) is 3.92. The first-order chi connectivity index (χ1) is 12.0. The van der Waals surface area contributed by atoms with Crippen LogP contribution in [0.25, 0.3) is 11.0 Å². The van der Waals surface area contributed by atoms with E-state index in [9.17, 15) is 9.59 Å². The molecule has 0 bridgehead atoms. The number of carbonyl (C=O) groups excluding carboxylic acids is 1. The van der Waals surface area contributed by atoms with Crippen LogP contribution in [0.4, 0.5) is 0 Å². The lowest BCUT2D eigenvalue weighted by Gasteiger charge is -2.45. The van der Waals surface area contributed by atoms with E-state index in [-0.39, 0.29) is 30.3 Å². The van der Waals surface area contributed by atoms with Gasteiger partial charge in [0.1, 0.15) is 6.61 Å². The van der Waals surface area contributed by atoms with Crippen LogP contribution in [0, 0.1) is 0 Å². The summed E-state index contributed by atoms with van der Waals surface area (Å²) in [7, 11) is 5.47. The van der Waals surface area contributed by atoms with E-state index >= 15 is 0 Å². The average molecular weight is 344 g/mol. The highest BCUT2D eigenvalue weighted by atomic mass is 16.5. The number of likely N-dealkylation sites (tertiary alicyclic amines) is 1. The molecule has 25 heavy (non-hydrogen) atoms. The second-order valence-corrected chi connectivity index (χ2v) is 7.17. The number of ether oxygens (including phenoxy) is 1. The van der Waals surface area contributed by atoms with E-state index in [4.69, 9.17) is 4.74 Å². The predicted molar refractivity (Wildman–Crippen MR) is 94.4 cm³/mol. The number of fused-ring (bicyclic) bond motifs is 2. The molecule has 0 aliphatic carbocycles. The van der Waals surface area contributed by atoms with Gasteiger partial charge in [0, 0.05) is 40.8 Å². The SMILES string of the molecule is CN1C(=O)CO[C@@H]2CCN(Cc3ccc4c(c3)n(C)c(=O)n4C)C[C@@H]21. The minimum Gasteiger partial charge on any atom is -0.366 e. The Bertz CT molecular complexity index is 884. The van der Waals surface area contributed by atoms with E-state index in [2.05, 4.69) is 17.0 Å². The molecule has 7 nitrogen and oxygen atoms in total. The average Bonchev–Trinajstić information content (AvgIpc) is 2.83. The molecule has 2 aromatic rings. The van der Waals surface area contributed by atoms with Gasteiger partial charge in [-0.1, -0.05) is 6.07 Å². The standard InChI is InChI=1S/C18H24N4O3/c1-19-15-10-22(7-6-16(15)25-11-17(19)23)9-12-4-5-13-14(8-12)21(3)18(24)20(13)2/h4-5,8,15-16H,6-7,9-11H2,1-3H3/t15-,16+/m0/s1. The zero-order valence-corrected chi connectivity index (χ0v) is 14.9. The molecule has 2 atom stereocenters. The van der Waals surface area contributed by atoms with E-state index in [1.54, 1.807) is 23.2 Å². The highest BCUT2D eigenvalue weighted by Crippen LogP contribution is 2.24. The maximum atomic E-state index is 12.1. The van der Waals surface area contributed by atoms with Crippen molar-refractivity contribution in [1.29, 1.82) is 0 Å². The van der Waals surface area contributed by atoms with E-state index in [1.807, 2.05) is 18.0 Å². The fourth-order valence-electron chi connectivity index (χ4n) is 4.06. The highest BCUT2D eigenvalue weighted by Gasteiger charge is 2.38. The first-order valence-electron chi connectivity index (χ1n) is 8.69. The molecule has 1 aromatic carbocycles. The van der Waals surface area contributed by atoms with Crippen molar-refractivity contribution in [2.75, 3.05) is 26.7 Å². The van der Waals surface area contributed by atoms with E-state index in [0.29, 0.717) is 0 Å². The Hall–Kier alpha value is -2.12. The predicted octanol–water partition coefficient (Wildman–Crippen LogP) is 0.309. The van der Waals surface area contributed by atoms with Crippen LogP contribution in [-0.4, -0.2) is 63.7 Å². The van der Waals surface area contributed by atoms with Gasteiger partial charge in [0.2, 0.25) is 5.91 Å². The van der Waals surface area contributed by atoms with Crippen molar-refractivity contribution in [3.63, 3.8) is 0 Å². The summed E-state index contributed by atoms with van der Waals surface area (Å²) in [6.45, 7) is 2.79. The molecule has 0 unspecified atom stereocenters. The summed E-state index contributed by atoms with van der Waals surface area (Å²) in [5.74, 6) is 0.0591. The number of rotatable bonds is 2. The summed E-state index contributed by atoms with van der Waals surface area (Å²) < 4.78 is 9.05. The van der Waals surface area contributed by atoms with Gasteiger partial charge in [-0.25, -0.2) is 4.79 Å². The summed E-state index contributed by atoms with van der Waals surface area (Å²) in [6.07, 6.45) is 1.09. The van der Waals surface area contributed by atoms with E-state index in [0.717, 1.165) is 37.1 Å². The van der Waals surface area contributed by atoms with E-state index in [1.165, 1.54) is 5.56 Å². The molecule has 0 saturated carbocycles. The number of hydrogen-bond donors (Lipinski definition) is 0. The fraction of sp³-hybridized carbons (Fsp3) is 0.556. The van der Waals surface area contributed by atoms with Crippen LogP contribution in [0.2, 0.25) is 0 Å². The van der Waals surface area contributed by atoms with Crippen LogP contribution in [0.1, 0.15) is 12.0 Å². The van der Waals surface area contributed by atoms with Gasteiger partial charge in [-0.15, -0.1) is 0 Å². The van der Waals surface area contributed by atoms with Gasteiger partial charge in [0.25, 0.3) is 0 Å². The third-order valence-electron chi connectivity index (χ3n) is 5.66. The zero-order valence-electron chi connectivity index (χ0n) is 14.9. The van der Waals surface area contributed by atoms with Crippen LogP contribution in [-0.2, 0) is 30.2 Å². The van der Waals surface area contributed by atoms with Crippen molar-refractivity contribution >= 4 is 16.9 Å². The number of aromatic nitrogens is 2. The van der Waals surface area contributed by atoms with Crippen molar-refractivity contribution in [2.24, 2.45) is 14.1 Å². The summed E-state index contributed by atoms with van der Waals surface area (Å²) in [5, 5.41) is 0. The number of hydrogen-bond acceptors (Lipinski definition) is 4. The molecule has 7 heteroatoms. The quantitative estimate of drug-likeness (QED) is 0.787. The number of nitrogens with zero attached hydrogens (tertiary/aromatic N) is 4. The van der Waals surface area contributed by atoms with Gasteiger partial charge in [-0.2, -0.15) is 0 Å². The van der Waals surface area contributed by atoms with Crippen LogP contribution in [0.15, 0.2) is 23.0 Å². The van der Waals surface area contributed by atoms with Crippen molar-refractivity contribution < 1.29 is 9.53 Å². The maximum absolute atomic E-state index is 12.1. The Morgan fingerprint density at radius 2 is 1.88 bits per heavy atom. The normalized spacial score (nSPS) is 24.8. The minimum absolute atomic E-state index is 0.00699. The number of likely N-dealkylation sites (N-methyl/N-ethyl adjacent to an activating group) is 1. The molecule has 3 heterocycles. The third kappa shape index (κ3) is 2.67. The molecular formula is C18H24N4O3. The number of amides is 1. The maximum Gasteiger partial charge on any atom is 0.328 e. The molecule has 2 fully saturated rings. The van der Waals surface area contributed by atoms with Crippen molar-refractivity contribution in [3.8, 4) is 0 Å². The molecule has 2 aliphatic rings. The molecule has 1 amide bonds. The Morgan fingerprint density at radius 3 is 2.68 bits per heavy atom. The topological polar surface area (TPSA) is 59.7 Å². The summed E-state index contributed by atoms with van der Waals surface area (Å²) >= 11 is 0. The van der Waals surface area contributed by atoms with Crippen LogP contribution < -0.4 is 5.69 Å². The smallest absolute Gasteiger partial charge is 0.328 e. The molecule has 4 rings (SSSR count). The molecular weight excluding hydrogens is 320 g/mol. The number of carbonyl (C=O) groups is 1. The van der Waals surface area contributed by atoms with Gasteiger partial charge in [0.05, 0.1) is 23.2 Å². The molecule has 0 N–H and O–H groups in total. The van der Waals surface area contributed by atoms with Crippen LogP contribution in [0.5, 0.6) is 0 Å². The minimum atomic E-state index is -0.00699. The summed E-state index contributed by atoms with van der Waals surface area (Å²) in [4.78, 5) is 28.2. The van der Waals surface area contributed by atoms with Crippen molar-refractivity contribution in [3.05, 3.63) is 34.2 Å². The Labute approximate surface area is 146 Å². The Morgan fingerprint density at radius 1 is 1.12 bits per heavy atom. The lowest BCUT2D eigenvalue weighted by Crippen LogP contribution is -2.60. The number of imidazole rings is 1. The third-order valence-corrected chi connectivity index (χ3v) is 5.66. The molecule has 0 spiro atoms. The largest absolute Gasteiger partial charge is 0.366 e. The van der Waals surface area contributed by atoms with Gasteiger partial charge in [-0.3, -0.25) is 18.8 Å². The second-order valence-electron chi connectivity index (χ2n) is 7.17. The number of morpholine rings is 1. The van der Waals surface area contributed by atoms with Crippen molar-refractivity contribution in [2.45, 2.75) is 25.1 Å². The first-order valence-corrected chi connectivity index (χ1v) is 8.69. The number of aryl methyl sites for hydroxylation is 2. The molecule has 0 radical (unpaired) electrons. The van der Waals surface area contributed by atoms with Crippen LogP contribution >= 0.6 is 0 Å². The summed E-state index contributed by atoms with van der Waals surface area (Å²) in [5.41, 5.74) is 3.07. The first kappa shape index (κ1) is 16.4. The molecule has 2 aliphatic heterocycles. The highest BCUT2D eigenvalue weighted by molar-refractivity contribution is 5.78. The molecule has 2 saturated heterocycles. The van der Waals surface area contributed by atoms with Gasteiger partial charge in [0.15, 0.2) is 0 Å². The number of piperidine rings is 1. The van der Waals surface area contributed by atoms with Gasteiger partial charge < -0.3 is 9.64 Å². The van der Waals surface area contributed by atoms with Crippen molar-refractivity contribution in [1.82, 2.24) is 18.9 Å². The molecule has 134 valence electrons. The zero-order chi connectivity index (χ0) is 17.7. The van der Waals surface area contributed by atoms with Gasteiger partial charge >= 0.3 is 5.69 Å². The fourth-order valence-corrected chi connectivity index (χ4v) is 4.06.